The predicted molar refractivity (Wildman–Crippen MR) is 116 cm³/mol. The Kier molecular flexibility index (Phi) is 6.09. The summed E-state index contributed by atoms with van der Waals surface area (Å²) in [6, 6.07) is 16.2. The van der Waals surface area contributed by atoms with Gasteiger partial charge in [0.1, 0.15) is 12.2 Å². The molecule has 0 fully saturated rings. The Balaban J connectivity index is 1.77. The Morgan fingerprint density at radius 1 is 1.00 bits per heavy atom. The second-order valence-corrected chi connectivity index (χ2v) is 9.25. The van der Waals surface area contributed by atoms with E-state index in [0.29, 0.717) is 0 Å². The molecule has 3 rings (SSSR count). The smallest absolute Gasteiger partial charge is 0.323 e. The van der Waals surface area contributed by atoms with Gasteiger partial charge < -0.3 is 15.2 Å². The molecule has 2 unspecified atom stereocenters. The molecule has 0 aromatic heterocycles. The number of ether oxygens (including phenoxy) is 2. The number of benzene rings is 2. The summed E-state index contributed by atoms with van der Waals surface area (Å²) >= 11 is 1.85. The lowest BCUT2D eigenvalue weighted by molar-refractivity contribution is -0.169. The van der Waals surface area contributed by atoms with E-state index in [-0.39, 0.29) is 12.5 Å². The standard InChI is InChI=1S/C22H24INO4/c1-22(2,3)28-21(26)18(19(23)24)20(25)27-12-17-15-10-6-4-8-13(15)14-9-5-7-11-16(14)17/h4-11,17-19H,12,24H2,1-3H3. The molecular formula is C22H24INO4. The molecule has 0 saturated heterocycles. The normalized spacial score (nSPS) is 15.3. The molecule has 148 valence electrons. The van der Waals surface area contributed by atoms with Crippen molar-refractivity contribution in [1.82, 2.24) is 0 Å². The maximum atomic E-state index is 12.7. The molecule has 1 aliphatic carbocycles. The SMILES string of the molecule is CC(C)(C)OC(=O)C(C(=O)OCC1c2ccccc2-c2ccccc21)C(N)I. The Hall–Kier alpha value is -1.93. The highest BCUT2D eigenvalue weighted by Gasteiger charge is 2.38. The van der Waals surface area contributed by atoms with Gasteiger partial charge in [-0.3, -0.25) is 9.59 Å². The summed E-state index contributed by atoms with van der Waals surface area (Å²) in [5, 5.41) is 0. The van der Waals surface area contributed by atoms with Gasteiger partial charge in [-0.25, -0.2) is 0 Å². The number of carbonyl (C=O) groups excluding carboxylic acids is 2. The van der Waals surface area contributed by atoms with Crippen molar-refractivity contribution in [3.8, 4) is 11.1 Å². The van der Waals surface area contributed by atoms with Crippen molar-refractivity contribution in [2.45, 2.75) is 36.3 Å². The minimum Gasteiger partial charge on any atom is -0.464 e. The molecule has 2 N–H and O–H groups in total. The van der Waals surface area contributed by atoms with Gasteiger partial charge >= 0.3 is 11.9 Å². The Bertz CT molecular complexity index is 843. The Morgan fingerprint density at radius 3 is 1.96 bits per heavy atom. The largest absolute Gasteiger partial charge is 0.464 e. The van der Waals surface area contributed by atoms with Crippen LogP contribution in [0.25, 0.3) is 11.1 Å². The quantitative estimate of drug-likeness (QED) is 0.224. The first-order valence-electron chi connectivity index (χ1n) is 9.16. The van der Waals surface area contributed by atoms with Crippen LogP contribution in [0.3, 0.4) is 0 Å². The van der Waals surface area contributed by atoms with Gasteiger partial charge in [-0.2, -0.15) is 0 Å². The first-order chi connectivity index (χ1) is 13.2. The zero-order valence-corrected chi connectivity index (χ0v) is 18.3. The zero-order chi connectivity index (χ0) is 20.5. The highest BCUT2D eigenvalue weighted by molar-refractivity contribution is 14.1. The molecule has 28 heavy (non-hydrogen) atoms. The van der Waals surface area contributed by atoms with Crippen LogP contribution in [0.15, 0.2) is 48.5 Å². The van der Waals surface area contributed by atoms with E-state index >= 15 is 0 Å². The number of halogens is 1. The maximum absolute atomic E-state index is 12.7. The van der Waals surface area contributed by atoms with Crippen molar-refractivity contribution in [3.05, 3.63) is 59.7 Å². The number of hydrogen-bond donors (Lipinski definition) is 1. The van der Waals surface area contributed by atoms with Crippen molar-refractivity contribution in [2.24, 2.45) is 11.7 Å². The molecule has 0 spiro atoms. The number of rotatable bonds is 5. The zero-order valence-electron chi connectivity index (χ0n) is 16.1. The van der Waals surface area contributed by atoms with E-state index in [1.54, 1.807) is 20.8 Å². The van der Waals surface area contributed by atoms with Crippen molar-refractivity contribution in [1.29, 1.82) is 0 Å². The molecule has 0 heterocycles. The number of carbonyl (C=O) groups is 2. The highest BCUT2D eigenvalue weighted by atomic mass is 127. The molecule has 6 heteroatoms. The summed E-state index contributed by atoms with van der Waals surface area (Å²) in [6.07, 6.45) is 0. The van der Waals surface area contributed by atoms with E-state index < -0.39 is 27.5 Å². The second kappa shape index (κ2) is 8.21. The summed E-state index contributed by atoms with van der Waals surface area (Å²) in [7, 11) is 0. The molecule has 5 nitrogen and oxygen atoms in total. The van der Waals surface area contributed by atoms with Gasteiger partial charge in [0.05, 0.1) is 4.05 Å². The van der Waals surface area contributed by atoms with Crippen LogP contribution in [0.5, 0.6) is 0 Å². The van der Waals surface area contributed by atoms with E-state index in [1.165, 1.54) is 0 Å². The van der Waals surface area contributed by atoms with Gasteiger partial charge in [-0.1, -0.05) is 71.1 Å². The van der Waals surface area contributed by atoms with E-state index in [9.17, 15) is 9.59 Å². The molecule has 1 aliphatic rings. The summed E-state index contributed by atoms with van der Waals surface area (Å²) in [5.74, 6) is -2.54. The first kappa shape index (κ1) is 20.8. The van der Waals surface area contributed by atoms with E-state index in [2.05, 4.69) is 12.1 Å². The number of hydrogen-bond acceptors (Lipinski definition) is 5. The van der Waals surface area contributed by atoms with Crippen molar-refractivity contribution < 1.29 is 19.1 Å². The third-order valence-corrected chi connectivity index (χ3v) is 5.31. The predicted octanol–water partition coefficient (Wildman–Crippen LogP) is 4.02. The summed E-state index contributed by atoms with van der Waals surface area (Å²) < 4.78 is 10.2. The lowest BCUT2D eigenvalue weighted by atomic mass is 9.98. The molecule has 2 aromatic rings. The fraction of sp³-hybridized carbons (Fsp3) is 0.364. The van der Waals surface area contributed by atoms with Gasteiger partial charge in [0, 0.05) is 5.92 Å². The lowest BCUT2D eigenvalue weighted by Gasteiger charge is -2.24. The van der Waals surface area contributed by atoms with Crippen LogP contribution in [0.2, 0.25) is 0 Å². The summed E-state index contributed by atoms with van der Waals surface area (Å²) in [5.41, 5.74) is 9.70. The number of nitrogens with two attached hydrogens (primary N) is 1. The van der Waals surface area contributed by atoms with E-state index in [4.69, 9.17) is 15.2 Å². The molecular weight excluding hydrogens is 469 g/mol. The Morgan fingerprint density at radius 2 is 1.50 bits per heavy atom. The number of fused-ring (bicyclic) bond motifs is 3. The highest BCUT2D eigenvalue weighted by Crippen LogP contribution is 2.44. The average Bonchev–Trinajstić information content (AvgIpc) is 2.92. The monoisotopic (exact) mass is 493 g/mol. The van der Waals surface area contributed by atoms with Crippen LogP contribution < -0.4 is 5.73 Å². The van der Waals surface area contributed by atoms with Crippen LogP contribution in [0, 0.1) is 5.92 Å². The molecule has 0 amide bonds. The van der Waals surface area contributed by atoms with E-state index in [1.807, 2.05) is 59.0 Å². The molecule has 0 radical (unpaired) electrons. The number of esters is 2. The minimum absolute atomic E-state index is 0.0685. The van der Waals surface area contributed by atoms with Crippen LogP contribution in [-0.4, -0.2) is 28.2 Å². The van der Waals surface area contributed by atoms with Crippen LogP contribution in [0.4, 0.5) is 0 Å². The fourth-order valence-electron chi connectivity index (χ4n) is 3.42. The second-order valence-electron chi connectivity index (χ2n) is 7.81. The van der Waals surface area contributed by atoms with Gasteiger partial charge in [-0.15, -0.1) is 0 Å². The third kappa shape index (κ3) is 4.38. The van der Waals surface area contributed by atoms with Crippen molar-refractivity contribution in [2.75, 3.05) is 6.61 Å². The maximum Gasteiger partial charge on any atom is 0.323 e. The third-order valence-electron chi connectivity index (χ3n) is 4.59. The first-order valence-corrected chi connectivity index (χ1v) is 10.4. The fourth-order valence-corrected chi connectivity index (χ4v) is 4.00. The van der Waals surface area contributed by atoms with Crippen molar-refractivity contribution in [3.63, 3.8) is 0 Å². The van der Waals surface area contributed by atoms with Gasteiger partial charge in [0.15, 0.2) is 5.92 Å². The molecule has 0 aliphatic heterocycles. The molecule has 0 bridgehead atoms. The Labute approximate surface area is 178 Å². The van der Waals surface area contributed by atoms with Gasteiger partial charge in [0.25, 0.3) is 0 Å². The summed E-state index contributed by atoms with van der Waals surface area (Å²) in [6.45, 7) is 5.39. The van der Waals surface area contributed by atoms with Crippen LogP contribution in [-0.2, 0) is 19.1 Å². The topological polar surface area (TPSA) is 78.6 Å². The lowest BCUT2D eigenvalue weighted by Crippen LogP contribution is -2.42. The van der Waals surface area contributed by atoms with Gasteiger partial charge in [-0.05, 0) is 43.0 Å². The minimum atomic E-state index is -1.16. The average molecular weight is 493 g/mol. The van der Waals surface area contributed by atoms with Crippen LogP contribution >= 0.6 is 22.6 Å². The van der Waals surface area contributed by atoms with Crippen LogP contribution in [0.1, 0.15) is 37.8 Å². The molecule has 2 aromatic carbocycles. The molecule has 2 atom stereocenters. The molecule has 0 saturated carbocycles. The van der Waals surface area contributed by atoms with Crippen molar-refractivity contribution >= 4 is 34.5 Å². The number of alkyl halides is 1. The summed E-state index contributed by atoms with van der Waals surface area (Å²) in [4.78, 5) is 25.1. The van der Waals surface area contributed by atoms with Gasteiger partial charge in [0.2, 0.25) is 0 Å². The van der Waals surface area contributed by atoms with E-state index in [0.717, 1.165) is 22.3 Å².